The Morgan fingerprint density at radius 3 is 2.83 bits per heavy atom. The summed E-state index contributed by atoms with van der Waals surface area (Å²) in [5.74, 6) is 0.823. The summed E-state index contributed by atoms with van der Waals surface area (Å²) in [5.41, 5.74) is 0.478. The molecule has 1 aromatic carbocycles. The molecule has 23 heavy (non-hydrogen) atoms. The summed E-state index contributed by atoms with van der Waals surface area (Å²) in [5, 5.41) is 12.2. The second-order valence-corrected chi connectivity index (χ2v) is 4.92. The van der Waals surface area contributed by atoms with E-state index in [4.69, 9.17) is 14.4 Å². The number of para-hydroxylation sites is 1. The molecule has 2 heterocycles. The molecule has 3 rings (SSSR count). The van der Waals surface area contributed by atoms with Gasteiger partial charge in [0.05, 0.1) is 12.1 Å². The molecule has 8 heteroatoms. The highest BCUT2D eigenvalue weighted by molar-refractivity contribution is 5.78. The van der Waals surface area contributed by atoms with Gasteiger partial charge in [-0.1, -0.05) is 18.2 Å². The lowest BCUT2D eigenvalue weighted by Gasteiger charge is -2.25. The second-order valence-electron chi connectivity index (χ2n) is 4.92. The van der Waals surface area contributed by atoms with Gasteiger partial charge < -0.3 is 24.0 Å². The van der Waals surface area contributed by atoms with Crippen LogP contribution in [0, 0.1) is 0 Å². The Bertz CT molecular complexity index is 712. The van der Waals surface area contributed by atoms with Crippen molar-refractivity contribution in [2.24, 2.45) is 0 Å². The maximum Gasteiger partial charge on any atom is 0.512 e. The molecule has 1 amide bonds. The Hall–Kier alpha value is -3.03. The van der Waals surface area contributed by atoms with Gasteiger partial charge in [-0.25, -0.2) is 4.79 Å². The lowest BCUT2D eigenvalue weighted by molar-refractivity contribution is -0.134. The van der Waals surface area contributed by atoms with Gasteiger partial charge in [0.1, 0.15) is 11.5 Å². The van der Waals surface area contributed by atoms with Gasteiger partial charge in [0.25, 0.3) is 11.8 Å². The number of hydrogen-bond donors (Lipinski definition) is 1. The number of fused-ring (bicyclic) bond motifs is 1. The van der Waals surface area contributed by atoms with E-state index < -0.39 is 6.16 Å². The summed E-state index contributed by atoms with van der Waals surface area (Å²) in [6.07, 6.45) is -1.03. The number of carboxylic acid groups (broad SMARTS) is 1. The van der Waals surface area contributed by atoms with Crippen molar-refractivity contribution in [2.45, 2.75) is 13.0 Å². The number of benzene rings is 1. The first-order valence-corrected chi connectivity index (χ1v) is 6.97. The highest BCUT2D eigenvalue weighted by Gasteiger charge is 2.29. The number of hydrogen-bond acceptors (Lipinski definition) is 6. The summed E-state index contributed by atoms with van der Waals surface area (Å²) in [6.45, 7) is 0.532. The molecule has 1 aliphatic heterocycles. The molecule has 0 radical (unpaired) electrons. The number of rotatable bonds is 4. The van der Waals surface area contributed by atoms with Crippen molar-refractivity contribution in [2.75, 3.05) is 13.2 Å². The van der Waals surface area contributed by atoms with Crippen LogP contribution in [0.25, 0.3) is 0 Å². The highest BCUT2D eigenvalue weighted by atomic mass is 16.7. The molecule has 0 unspecified atom stereocenters. The fraction of sp³-hybridized carbons (Fsp3) is 0.267. The molecule has 0 saturated heterocycles. The van der Waals surface area contributed by atoms with E-state index in [-0.39, 0.29) is 24.9 Å². The summed E-state index contributed by atoms with van der Waals surface area (Å²) < 4.78 is 15.0. The number of ether oxygens (including phenoxy) is 2. The van der Waals surface area contributed by atoms with Crippen LogP contribution in [0.5, 0.6) is 11.6 Å². The Morgan fingerprint density at radius 2 is 2.09 bits per heavy atom. The average molecular weight is 318 g/mol. The second kappa shape index (κ2) is 6.39. The molecule has 0 aliphatic carbocycles. The van der Waals surface area contributed by atoms with Crippen molar-refractivity contribution in [3.8, 4) is 11.6 Å². The van der Waals surface area contributed by atoms with Crippen molar-refractivity contribution in [1.82, 2.24) is 10.1 Å². The predicted octanol–water partition coefficient (Wildman–Crippen LogP) is 1.70. The molecular weight excluding hydrogens is 304 g/mol. The third-order valence-corrected chi connectivity index (χ3v) is 3.43. The Labute approximate surface area is 131 Å². The third kappa shape index (κ3) is 3.42. The van der Waals surface area contributed by atoms with Crippen LogP contribution in [0.15, 0.2) is 34.9 Å². The lowest BCUT2D eigenvalue weighted by atomic mass is 10.1. The molecule has 0 atom stereocenters. The molecule has 1 N–H and O–H groups in total. The highest BCUT2D eigenvalue weighted by Crippen LogP contribution is 2.27. The van der Waals surface area contributed by atoms with E-state index in [1.807, 2.05) is 18.2 Å². The zero-order valence-electron chi connectivity index (χ0n) is 12.1. The fourth-order valence-electron chi connectivity index (χ4n) is 2.31. The molecule has 120 valence electrons. The number of amides is 1. The SMILES string of the molecule is O=C(O)Oc1noc2c1CN(C(=O)COc1ccccc1)CC2. The van der Waals surface area contributed by atoms with E-state index in [9.17, 15) is 9.59 Å². The monoisotopic (exact) mass is 318 g/mol. The molecule has 8 nitrogen and oxygen atoms in total. The molecular formula is C15H14N2O6. The summed E-state index contributed by atoms with van der Waals surface area (Å²) >= 11 is 0. The predicted molar refractivity (Wildman–Crippen MR) is 76.2 cm³/mol. The van der Waals surface area contributed by atoms with Gasteiger partial charge in [0.15, 0.2) is 6.61 Å². The zero-order chi connectivity index (χ0) is 16.2. The minimum Gasteiger partial charge on any atom is -0.484 e. The van der Waals surface area contributed by atoms with Crippen LogP contribution in [-0.4, -0.2) is 40.4 Å². The van der Waals surface area contributed by atoms with E-state index in [0.29, 0.717) is 30.0 Å². The zero-order valence-corrected chi connectivity index (χ0v) is 12.1. The molecule has 1 aliphatic rings. The van der Waals surface area contributed by atoms with Crippen molar-refractivity contribution < 1.29 is 28.7 Å². The van der Waals surface area contributed by atoms with Gasteiger partial charge in [0, 0.05) is 13.0 Å². The Morgan fingerprint density at radius 1 is 1.30 bits per heavy atom. The Kier molecular flexibility index (Phi) is 4.13. The maximum atomic E-state index is 12.2. The summed E-state index contributed by atoms with van der Waals surface area (Å²) in [6, 6.07) is 9.02. The van der Waals surface area contributed by atoms with Crippen molar-refractivity contribution >= 4 is 12.1 Å². The minimum absolute atomic E-state index is 0.0975. The molecule has 0 bridgehead atoms. The lowest BCUT2D eigenvalue weighted by Crippen LogP contribution is -2.38. The smallest absolute Gasteiger partial charge is 0.484 e. The first-order chi connectivity index (χ1) is 11.1. The van der Waals surface area contributed by atoms with Gasteiger partial charge in [-0.3, -0.25) is 4.79 Å². The molecule has 1 aromatic heterocycles. The molecule has 0 saturated carbocycles. The third-order valence-electron chi connectivity index (χ3n) is 3.43. The van der Waals surface area contributed by atoms with Crippen LogP contribution in [-0.2, 0) is 17.8 Å². The van der Waals surface area contributed by atoms with Crippen molar-refractivity contribution in [3.63, 3.8) is 0 Å². The average Bonchev–Trinajstić information content (AvgIpc) is 2.95. The van der Waals surface area contributed by atoms with Gasteiger partial charge in [0.2, 0.25) is 0 Å². The molecule has 0 spiro atoms. The maximum absolute atomic E-state index is 12.2. The van der Waals surface area contributed by atoms with Crippen molar-refractivity contribution in [1.29, 1.82) is 0 Å². The number of carbonyl (C=O) groups is 2. The topological polar surface area (TPSA) is 102 Å². The summed E-state index contributed by atoms with van der Waals surface area (Å²) in [4.78, 5) is 24.4. The van der Waals surface area contributed by atoms with E-state index in [0.717, 1.165) is 0 Å². The normalized spacial score (nSPS) is 13.3. The first-order valence-electron chi connectivity index (χ1n) is 6.97. The number of carbonyl (C=O) groups excluding carboxylic acids is 1. The van der Waals surface area contributed by atoms with Crippen LogP contribution >= 0.6 is 0 Å². The van der Waals surface area contributed by atoms with Crippen LogP contribution < -0.4 is 9.47 Å². The fourth-order valence-corrected chi connectivity index (χ4v) is 2.31. The van der Waals surface area contributed by atoms with E-state index in [1.165, 1.54) is 0 Å². The number of nitrogens with zero attached hydrogens (tertiary/aromatic N) is 2. The molecule has 0 fully saturated rings. The Balaban J connectivity index is 1.63. The summed E-state index contributed by atoms with van der Waals surface area (Å²) in [7, 11) is 0. The number of aromatic nitrogens is 1. The van der Waals surface area contributed by atoms with Gasteiger partial charge in [-0.15, -0.1) is 0 Å². The minimum atomic E-state index is -1.48. The van der Waals surface area contributed by atoms with E-state index in [1.54, 1.807) is 17.0 Å². The first kappa shape index (κ1) is 14.9. The van der Waals surface area contributed by atoms with Crippen LogP contribution in [0.4, 0.5) is 4.79 Å². The van der Waals surface area contributed by atoms with Gasteiger partial charge in [-0.2, -0.15) is 0 Å². The van der Waals surface area contributed by atoms with Crippen LogP contribution in [0.3, 0.4) is 0 Å². The van der Waals surface area contributed by atoms with Crippen molar-refractivity contribution in [3.05, 3.63) is 41.7 Å². The largest absolute Gasteiger partial charge is 0.512 e. The quantitative estimate of drug-likeness (QED) is 0.856. The van der Waals surface area contributed by atoms with Gasteiger partial charge in [-0.05, 0) is 17.3 Å². The van der Waals surface area contributed by atoms with Crippen LogP contribution in [0.2, 0.25) is 0 Å². The molecule has 2 aromatic rings. The van der Waals surface area contributed by atoms with Crippen LogP contribution in [0.1, 0.15) is 11.3 Å². The van der Waals surface area contributed by atoms with E-state index >= 15 is 0 Å². The van der Waals surface area contributed by atoms with E-state index in [2.05, 4.69) is 9.89 Å². The standard InChI is InChI=1S/C15H14N2O6/c18-13(9-21-10-4-2-1-3-5-10)17-7-6-12-11(8-17)14(16-23-12)22-15(19)20/h1-5H,6-9H2,(H,19,20). The van der Waals surface area contributed by atoms with Gasteiger partial charge >= 0.3 is 6.16 Å².